The molecule has 1 unspecified atom stereocenters. The lowest BCUT2D eigenvalue weighted by Crippen LogP contribution is -2.17. The molecule has 0 aromatic carbocycles. The maximum absolute atomic E-state index is 11.2. The third-order valence-corrected chi connectivity index (χ3v) is 3.54. The summed E-state index contributed by atoms with van der Waals surface area (Å²) in [6.07, 6.45) is 3.68. The van der Waals surface area contributed by atoms with Gasteiger partial charge < -0.3 is 10.1 Å². The first kappa shape index (κ1) is 11.9. The molecule has 0 radical (unpaired) electrons. The Kier molecular flexibility index (Phi) is 3.28. The SMILES string of the molecule is CC(C)C(C(=O)O)c1nc(-c2cc[nH]c2)cs1. The Morgan fingerprint density at radius 3 is 2.82 bits per heavy atom. The molecule has 2 heterocycles. The molecule has 0 fully saturated rings. The summed E-state index contributed by atoms with van der Waals surface area (Å²) < 4.78 is 0. The van der Waals surface area contributed by atoms with E-state index in [-0.39, 0.29) is 5.92 Å². The summed E-state index contributed by atoms with van der Waals surface area (Å²) in [6.45, 7) is 3.80. The van der Waals surface area contributed by atoms with Crippen LogP contribution in [0.4, 0.5) is 0 Å². The number of carboxylic acids is 1. The van der Waals surface area contributed by atoms with Crippen LogP contribution in [0.1, 0.15) is 24.8 Å². The van der Waals surface area contributed by atoms with Crippen LogP contribution < -0.4 is 0 Å². The van der Waals surface area contributed by atoms with Gasteiger partial charge in [-0.1, -0.05) is 13.8 Å². The first-order chi connectivity index (χ1) is 8.09. The van der Waals surface area contributed by atoms with Crippen LogP contribution in [-0.4, -0.2) is 21.0 Å². The van der Waals surface area contributed by atoms with Gasteiger partial charge in [0.25, 0.3) is 0 Å². The molecule has 0 saturated heterocycles. The predicted octanol–water partition coefficient (Wildman–Crippen LogP) is 2.96. The molecule has 0 aliphatic rings. The van der Waals surface area contributed by atoms with Crippen molar-refractivity contribution in [2.75, 3.05) is 0 Å². The van der Waals surface area contributed by atoms with Crippen LogP contribution >= 0.6 is 11.3 Å². The molecule has 0 bridgehead atoms. The standard InChI is InChI=1S/C12H14N2O2S/c1-7(2)10(12(15)16)11-14-9(6-17-11)8-3-4-13-5-8/h3-7,10,13H,1-2H3,(H,15,16). The average molecular weight is 250 g/mol. The molecular weight excluding hydrogens is 236 g/mol. The lowest BCUT2D eigenvalue weighted by atomic mass is 9.97. The molecular formula is C12H14N2O2S. The van der Waals surface area contributed by atoms with Crippen LogP contribution in [-0.2, 0) is 4.79 Å². The first-order valence-corrected chi connectivity index (χ1v) is 6.29. The molecule has 2 N–H and O–H groups in total. The molecule has 2 aromatic rings. The van der Waals surface area contributed by atoms with Crippen molar-refractivity contribution in [3.05, 3.63) is 28.8 Å². The van der Waals surface area contributed by atoms with Crippen LogP contribution in [0, 0.1) is 5.92 Å². The number of hydrogen-bond donors (Lipinski definition) is 2. The molecule has 5 heteroatoms. The van der Waals surface area contributed by atoms with Crippen molar-refractivity contribution in [1.82, 2.24) is 9.97 Å². The van der Waals surface area contributed by atoms with E-state index in [0.29, 0.717) is 5.01 Å². The second-order valence-corrected chi connectivity index (χ2v) is 5.12. The van der Waals surface area contributed by atoms with Crippen molar-refractivity contribution >= 4 is 17.3 Å². The van der Waals surface area contributed by atoms with E-state index in [4.69, 9.17) is 0 Å². The van der Waals surface area contributed by atoms with E-state index in [1.165, 1.54) is 11.3 Å². The molecule has 17 heavy (non-hydrogen) atoms. The number of H-pyrrole nitrogens is 1. The van der Waals surface area contributed by atoms with Gasteiger partial charge in [0.05, 0.1) is 5.69 Å². The van der Waals surface area contributed by atoms with Crippen molar-refractivity contribution in [3.8, 4) is 11.3 Å². The largest absolute Gasteiger partial charge is 0.481 e. The van der Waals surface area contributed by atoms with Gasteiger partial charge in [-0.25, -0.2) is 4.98 Å². The number of aliphatic carboxylic acids is 1. The van der Waals surface area contributed by atoms with Crippen molar-refractivity contribution in [2.45, 2.75) is 19.8 Å². The fourth-order valence-corrected chi connectivity index (χ4v) is 2.81. The zero-order valence-corrected chi connectivity index (χ0v) is 10.5. The van der Waals surface area contributed by atoms with Crippen molar-refractivity contribution in [3.63, 3.8) is 0 Å². The summed E-state index contributed by atoms with van der Waals surface area (Å²) in [5.74, 6) is -1.29. The Labute approximate surface area is 103 Å². The predicted molar refractivity (Wildman–Crippen MR) is 67.1 cm³/mol. The van der Waals surface area contributed by atoms with E-state index in [1.54, 1.807) is 0 Å². The lowest BCUT2D eigenvalue weighted by Gasteiger charge is -2.12. The molecule has 1 atom stereocenters. The second kappa shape index (κ2) is 4.71. The highest BCUT2D eigenvalue weighted by Crippen LogP contribution is 2.30. The lowest BCUT2D eigenvalue weighted by molar-refractivity contribution is -0.139. The number of nitrogens with zero attached hydrogens (tertiary/aromatic N) is 1. The minimum absolute atomic E-state index is 0.0396. The third-order valence-electron chi connectivity index (χ3n) is 2.61. The van der Waals surface area contributed by atoms with Gasteiger partial charge in [0.1, 0.15) is 10.9 Å². The number of rotatable bonds is 4. The van der Waals surface area contributed by atoms with Gasteiger partial charge in [-0.05, 0) is 12.0 Å². The van der Waals surface area contributed by atoms with Crippen molar-refractivity contribution in [2.24, 2.45) is 5.92 Å². The Morgan fingerprint density at radius 2 is 2.29 bits per heavy atom. The maximum Gasteiger partial charge on any atom is 0.313 e. The number of thiazole rings is 1. The molecule has 0 aliphatic heterocycles. The zero-order chi connectivity index (χ0) is 12.4. The smallest absolute Gasteiger partial charge is 0.313 e. The monoisotopic (exact) mass is 250 g/mol. The van der Waals surface area contributed by atoms with E-state index >= 15 is 0 Å². The summed E-state index contributed by atoms with van der Waals surface area (Å²) in [6, 6.07) is 1.92. The van der Waals surface area contributed by atoms with E-state index in [2.05, 4.69) is 9.97 Å². The molecule has 0 spiro atoms. The van der Waals surface area contributed by atoms with Gasteiger partial charge >= 0.3 is 5.97 Å². The van der Waals surface area contributed by atoms with Crippen LogP contribution in [0.5, 0.6) is 0 Å². The highest BCUT2D eigenvalue weighted by molar-refractivity contribution is 7.10. The summed E-state index contributed by atoms with van der Waals surface area (Å²) in [5, 5.41) is 11.8. The molecule has 0 aliphatic carbocycles. The molecule has 0 amide bonds. The van der Waals surface area contributed by atoms with Gasteiger partial charge in [0, 0.05) is 23.3 Å². The first-order valence-electron chi connectivity index (χ1n) is 5.41. The zero-order valence-electron chi connectivity index (χ0n) is 9.68. The number of hydrogen-bond acceptors (Lipinski definition) is 3. The average Bonchev–Trinajstić information content (AvgIpc) is 2.83. The molecule has 2 aromatic heterocycles. The van der Waals surface area contributed by atoms with Gasteiger partial charge in [-0.15, -0.1) is 11.3 Å². The third kappa shape index (κ3) is 2.39. The number of aromatic amines is 1. The fraction of sp³-hybridized carbons (Fsp3) is 0.333. The van der Waals surface area contributed by atoms with E-state index in [0.717, 1.165) is 11.3 Å². The summed E-state index contributed by atoms with van der Waals surface area (Å²) in [5.41, 5.74) is 1.82. The highest BCUT2D eigenvalue weighted by atomic mass is 32.1. The Balaban J connectivity index is 2.31. The highest BCUT2D eigenvalue weighted by Gasteiger charge is 2.26. The van der Waals surface area contributed by atoms with Gasteiger partial charge in [0.15, 0.2) is 0 Å². The van der Waals surface area contributed by atoms with Gasteiger partial charge in [0.2, 0.25) is 0 Å². The number of carbonyl (C=O) groups is 1. The minimum atomic E-state index is -0.810. The summed E-state index contributed by atoms with van der Waals surface area (Å²) in [4.78, 5) is 18.6. The van der Waals surface area contributed by atoms with E-state index < -0.39 is 11.9 Å². The van der Waals surface area contributed by atoms with Crippen LogP contribution in [0.3, 0.4) is 0 Å². The topological polar surface area (TPSA) is 66.0 Å². The van der Waals surface area contributed by atoms with Gasteiger partial charge in [-0.3, -0.25) is 4.79 Å². The van der Waals surface area contributed by atoms with Crippen LogP contribution in [0.25, 0.3) is 11.3 Å². The maximum atomic E-state index is 11.2. The summed E-state index contributed by atoms with van der Waals surface area (Å²) in [7, 11) is 0. The Bertz CT molecular complexity index is 502. The quantitative estimate of drug-likeness (QED) is 0.876. The van der Waals surface area contributed by atoms with Crippen LogP contribution in [0.2, 0.25) is 0 Å². The molecule has 2 rings (SSSR count). The van der Waals surface area contributed by atoms with Crippen LogP contribution in [0.15, 0.2) is 23.8 Å². The molecule has 90 valence electrons. The molecule has 4 nitrogen and oxygen atoms in total. The molecule has 0 saturated carbocycles. The number of carboxylic acid groups (broad SMARTS) is 1. The Morgan fingerprint density at radius 1 is 1.53 bits per heavy atom. The normalized spacial score (nSPS) is 12.9. The fourth-order valence-electron chi connectivity index (χ4n) is 1.72. The van der Waals surface area contributed by atoms with Crippen molar-refractivity contribution < 1.29 is 9.90 Å². The summed E-state index contributed by atoms with van der Waals surface area (Å²) >= 11 is 1.41. The van der Waals surface area contributed by atoms with E-state index in [9.17, 15) is 9.90 Å². The second-order valence-electron chi connectivity index (χ2n) is 4.23. The van der Waals surface area contributed by atoms with Gasteiger partial charge in [-0.2, -0.15) is 0 Å². The van der Waals surface area contributed by atoms with E-state index in [1.807, 2.05) is 37.7 Å². The Hall–Kier alpha value is -1.62. The number of aromatic nitrogens is 2. The minimum Gasteiger partial charge on any atom is -0.481 e. The number of nitrogens with one attached hydrogen (secondary N) is 1. The van der Waals surface area contributed by atoms with Crippen molar-refractivity contribution in [1.29, 1.82) is 0 Å².